The van der Waals surface area contributed by atoms with Gasteiger partial charge in [0, 0.05) is 5.56 Å². The molecule has 0 unspecified atom stereocenters. The topological polar surface area (TPSA) is 55.5 Å². The van der Waals surface area contributed by atoms with E-state index in [9.17, 15) is 0 Å². The molecule has 126 valence electrons. The maximum Gasteiger partial charge on any atom is 0.274 e. The van der Waals surface area contributed by atoms with Crippen molar-refractivity contribution >= 4 is 22.7 Å². The van der Waals surface area contributed by atoms with Crippen LogP contribution in [0.25, 0.3) is 10.8 Å². The highest BCUT2D eigenvalue weighted by molar-refractivity contribution is 7.13. The number of aromatic nitrogens is 2. The minimum absolute atomic E-state index is 0.0634. The molecule has 1 aromatic carbocycles. The van der Waals surface area contributed by atoms with Crippen LogP contribution in [-0.2, 0) is 0 Å². The summed E-state index contributed by atoms with van der Waals surface area (Å²) in [6, 6.07) is 19.1. The van der Waals surface area contributed by atoms with Crippen molar-refractivity contribution < 1.29 is 9.73 Å². The summed E-state index contributed by atoms with van der Waals surface area (Å²) in [5.74, 6) is 1.25. The molecular weight excluding hydrogens is 350 g/mol. The summed E-state index contributed by atoms with van der Waals surface area (Å²) < 4.78 is 5.90. The summed E-state index contributed by atoms with van der Waals surface area (Å²) in [7, 11) is 0. The van der Waals surface area contributed by atoms with Gasteiger partial charge >= 0.3 is 0 Å². The number of benzene rings is 1. The summed E-state index contributed by atoms with van der Waals surface area (Å²) in [4.78, 5) is 2.32. The standard InChI is InChI=1S/C19H17N3OS2/c1-13(18-21-22-19(23-18)16-10-6-12-25-16)20-17(15-9-5-11-24-15)14-7-3-2-4-8-14/h2-13,17,20H,1H3/p+1/t13-,17-/m1/s1. The average molecular weight is 369 g/mol. The maximum absolute atomic E-state index is 5.90. The van der Waals surface area contributed by atoms with Gasteiger partial charge in [-0.1, -0.05) is 42.5 Å². The molecule has 4 nitrogen and oxygen atoms in total. The summed E-state index contributed by atoms with van der Waals surface area (Å²) in [6.07, 6.45) is 0. The number of quaternary nitrogens is 1. The first kappa shape index (κ1) is 16.2. The second kappa shape index (κ2) is 7.31. The van der Waals surface area contributed by atoms with Crippen molar-refractivity contribution in [2.75, 3.05) is 0 Å². The van der Waals surface area contributed by atoms with Gasteiger partial charge in [-0.15, -0.1) is 32.9 Å². The molecule has 0 amide bonds. The lowest BCUT2D eigenvalue weighted by Crippen LogP contribution is -2.85. The van der Waals surface area contributed by atoms with E-state index < -0.39 is 0 Å². The third kappa shape index (κ3) is 3.56. The lowest BCUT2D eigenvalue weighted by Gasteiger charge is -2.17. The Bertz CT molecular complexity index is 901. The van der Waals surface area contributed by atoms with Crippen LogP contribution in [0, 0.1) is 0 Å². The predicted octanol–water partition coefficient (Wildman–Crippen LogP) is 4.27. The monoisotopic (exact) mass is 368 g/mol. The third-order valence-electron chi connectivity index (χ3n) is 4.05. The quantitative estimate of drug-likeness (QED) is 0.553. The zero-order valence-corrected chi connectivity index (χ0v) is 15.3. The Hall–Kier alpha value is -2.28. The van der Waals surface area contributed by atoms with Crippen LogP contribution < -0.4 is 5.32 Å². The second-order valence-corrected chi connectivity index (χ2v) is 7.73. The molecule has 3 aromatic heterocycles. The molecule has 25 heavy (non-hydrogen) atoms. The van der Waals surface area contributed by atoms with E-state index in [1.165, 1.54) is 10.4 Å². The van der Waals surface area contributed by atoms with Crippen molar-refractivity contribution in [3.63, 3.8) is 0 Å². The van der Waals surface area contributed by atoms with Crippen molar-refractivity contribution in [2.45, 2.75) is 19.0 Å². The van der Waals surface area contributed by atoms with Crippen LogP contribution in [0.3, 0.4) is 0 Å². The fourth-order valence-corrected chi connectivity index (χ4v) is 4.27. The Balaban J connectivity index is 1.58. The molecule has 0 radical (unpaired) electrons. The van der Waals surface area contributed by atoms with Gasteiger partial charge in [0.2, 0.25) is 0 Å². The number of rotatable bonds is 6. The number of nitrogens with two attached hydrogens (primary N) is 1. The predicted molar refractivity (Wildman–Crippen MR) is 101 cm³/mol. The van der Waals surface area contributed by atoms with Crippen LogP contribution in [0.5, 0.6) is 0 Å². The van der Waals surface area contributed by atoms with E-state index in [0.717, 1.165) is 4.88 Å². The van der Waals surface area contributed by atoms with Crippen LogP contribution in [0.4, 0.5) is 0 Å². The van der Waals surface area contributed by atoms with E-state index in [1.54, 1.807) is 22.7 Å². The summed E-state index contributed by atoms with van der Waals surface area (Å²) >= 11 is 3.38. The molecular formula is C19H18N3OS2+. The first-order chi connectivity index (χ1) is 12.3. The van der Waals surface area contributed by atoms with Crippen LogP contribution in [0.1, 0.15) is 35.3 Å². The molecule has 0 fully saturated rings. The number of thiophene rings is 2. The Morgan fingerprint density at radius 1 is 0.920 bits per heavy atom. The molecule has 0 aliphatic carbocycles. The van der Waals surface area contributed by atoms with E-state index in [0.29, 0.717) is 11.8 Å². The molecule has 0 spiro atoms. The van der Waals surface area contributed by atoms with Gasteiger partial charge in [-0.3, -0.25) is 0 Å². The molecule has 2 N–H and O–H groups in total. The molecule has 0 aliphatic rings. The minimum atomic E-state index is 0.0634. The summed E-state index contributed by atoms with van der Waals surface area (Å²) in [6.45, 7) is 2.11. The SMILES string of the molecule is C[C@@H]([NH2+][C@H](c1ccccc1)c1cccs1)c1nnc(-c2cccs2)o1. The molecule has 0 saturated heterocycles. The molecule has 6 heteroatoms. The first-order valence-corrected chi connectivity index (χ1v) is 9.88. The first-order valence-electron chi connectivity index (χ1n) is 8.12. The maximum atomic E-state index is 5.90. The zero-order chi connectivity index (χ0) is 17.1. The van der Waals surface area contributed by atoms with E-state index >= 15 is 0 Å². The van der Waals surface area contributed by atoms with Gasteiger partial charge in [0.15, 0.2) is 6.04 Å². The van der Waals surface area contributed by atoms with Crippen LogP contribution in [-0.4, -0.2) is 10.2 Å². The van der Waals surface area contributed by atoms with E-state index in [2.05, 4.69) is 64.2 Å². The van der Waals surface area contributed by atoms with Gasteiger partial charge in [0.1, 0.15) is 6.04 Å². The van der Waals surface area contributed by atoms with Crippen LogP contribution in [0.2, 0.25) is 0 Å². The molecule has 0 aliphatic heterocycles. The summed E-state index contributed by atoms with van der Waals surface area (Å²) in [5.41, 5.74) is 1.27. The fraction of sp³-hybridized carbons (Fsp3) is 0.158. The normalized spacial score (nSPS) is 13.6. The van der Waals surface area contributed by atoms with Gasteiger partial charge in [0.25, 0.3) is 11.8 Å². The number of hydrogen-bond acceptors (Lipinski definition) is 5. The van der Waals surface area contributed by atoms with Crippen molar-refractivity contribution in [3.8, 4) is 10.8 Å². The van der Waals surface area contributed by atoms with Gasteiger partial charge in [0.05, 0.1) is 9.75 Å². The molecule has 3 heterocycles. The van der Waals surface area contributed by atoms with Gasteiger partial charge in [-0.2, -0.15) is 0 Å². The zero-order valence-electron chi connectivity index (χ0n) is 13.7. The molecule has 4 rings (SSSR count). The Labute approximate surface area is 154 Å². The van der Waals surface area contributed by atoms with Crippen LogP contribution in [0.15, 0.2) is 69.8 Å². The van der Waals surface area contributed by atoms with Crippen molar-refractivity contribution in [2.24, 2.45) is 0 Å². The van der Waals surface area contributed by atoms with Gasteiger partial charge < -0.3 is 9.73 Å². The highest BCUT2D eigenvalue weighted by atomic mass is 32.1. The van der Waals surface area contributed by atoms with E-state index in [4.69, 9.17) is 4.42 Å². The lowest BCUT2D eigenvalue weighted by atomic mass is 10.0. The third-order valence-corrected chi connectivity index (χ3v) is 5.86. The fourth-order valence-electron chi connectivity index (χ4n) is 2.79. The number of nitrogens with zero attached hydrogens (tertiary/aromatic N) is 2. The van der Waals surface area contributed by atoms with Gasteiger partial charge in [-0.25, -0.2) is 0 Å². The largest absolute Gasteiger partial charge is 0.414 e. The van der Waals surface area contributed by atoms with E-state index in [1.807, 2.05) is 23.6 Å². The average Bonchev–Trinajstić information content (AvgIpc) is 3.42. The Kier molecular flexibility index (Phi) is 4.74. The molecule has 4 aromatic rings. The molecule has 0 saturated carbocycles. The van der Waals surface area contributed by atoms with Gasteiger partial charge in [-0.05, 0) is 29.8 Å². The van der Waals surface area contributed by atoms with E-state index in [-0.39, 0.29) is 12.1 Å². The minimum Gasteiger partial charge on any atom is -0.414 e. The van der Waals surface area contributed by atoms with Crippen LogP contribution >= 0.6 is 22.7 Å². The second-order valence-electron chi connectivity index (χ2n) is 5.81. The summed E-state index contributed by atoms with van der Waals surface area (Å²) in [5, 5.41) is 14.9. The highest BCUT2D eigenvalue weighted by Gasteiger charge is 2.25. The highest BCUT2D eigenvalue weighted by Crippen LogP contribution is 2.26. The Morgan fingerprint density at radius 3 is 2.44 bits per heavy atom. The Morgan fingerprint density at radius 2 is 1.72 bits per heavy atom. The van der Waals surface area contributed by atoms with Crippen molar-refractivity contribution in [1.82, 2.24) is 10.2 Å². The lowest BCUT2D eigenvalue weighted by molar-refractivity contribution is -0.725. The van der Waals surface area contributed by atoms with Crippen molar-refractivity contribution in [1.29, 1.82) is 0 Å². The molecule has 0 bridgehead atoms. The smallest absolute Gasteiger partial charge is 0.274 e. The molecule has 2 atom stereocenters. The van der Waals surface area contributed by atoms with Crippen molar-refractivity contribution in [3.05, 3.63) is 81.7 Å². The number of hydrogen-bond donors (Lipinski definition) is 1.